The minimum absolute atomic E-state index is 0.176. The zero-order valence-electron chi connectivity index (χ0n) is 7.73. The Bertz CT molecular complexity index is 386. The van der Waals surface area contributed by atoms with E-state index in [9.17, 15) is 4.79 Å². The highest BCUT2D eigenvalue weighted by Gasteiger charge is 2.17. The molecule has 0 aromatic rings. The fourth-order valence-corrected chi connectivity index (χ4v) is 1.63. The Balaban J connectivity index is 2.04. The van der Waals surface area contributed by atoms with E-state index in [1.165, 1.54) is 0 Å². The number of carbonyl (C=O) groups is 1. The van der Waals surface area contributed by atoms with Crippen LogP contribution in [0.25, 0.3) is 0 Å². The SMILES string of the molecule is O=C(O)CCC1=CN=C2C=CCC=C12. The minimum Gasteiger partial charge on any atom is -0.481 e. The topological polar surface area (TPSA) is 49.7 Å². The van der Waals surface area contributed by atoms with Gasteiger partial charge in [-0.05, 0) is 24.5 Å². The molecule has 0 atom stereocenters. The summed E-state index contributed by atoms with van der Waals surface area (Å²) in [6.45, 7) is 0. The molecule has 0 saturated carbocycles. The fourth-order valence-electron chi connectivity index (χ4n) is 1.63. The first-order chi connectivity index (χ1) is 6.77. The van der Waals surface area contributed by atoms with Gasteiger partial charge in [0, 0.05) is 18.2 Å². The van der Waals surface area contributed by atoms with E-state index >= 15 is 0 Å². The normalized spacial score (nSPS) is 18.4. The van der Waals surface area contributed by atoms with Crippen LogP contribution < -0.4 is 0 Å². The molecule has 0 radical (unpaired) electrons. The second-order valence-corrected chi connectivity index (χ2v) is 3.32. The van der Waals surface area contributed by atoms with Crippen LogP contribution in [-0.4, -0.2) is 16.8 Å². The standard InChI is InChI=1S/C11H11NO2/c13-11(14)6-5-8-7-12-10-4-2-1-3-9(8)10/h2-4,7H,1,5-6H2,(H,13,14). The molecular weight excluding hydrogens is 178 g/mol. The van der Waals surface area contributed by atoms with Crippen molar-refractivity contribution in [2.45, 2.75) is 19.3 Å². The Morgan fingerprint density at radius 3 is 3.21 bits per heavy atom. The van der Waals surface area contributed by atoms with Crippen LogP contribution in [0.1, 0.15) is 19.3 Å². The van der Waals surface area contributed by atoms with Crippen molar-refractivity contribution in [1.82, 2.24) is 0 Å². The highest BCUT2D eigenvalue weighted by molar-refractivity contribution is 6.14. The Labute approximate surface area is 82.2 Å². The van der Waals surface area contributed by atoms with Crippen molar-refractivity contribution < 1.29 is 9.90 Å². The second-order valence-electron chi connectivity index (χ2n) is 3.32. The fraction of sp³-hybridized carbons (Fsp3) is 0.273. The molecule has 2 aliphatic rings. The maximum absolute atomic E-state index is 10.4. The lowest BCUT2D eigenvalue weighted by Crippen LogP contribution is -2.02. The first-order valence-electron chi connectivity index (χ1n) is 4.63. The Morgan fingerprint density at radius 1 is 1.57 bits per heavy atom. The zero-order chi connectivity index (χ0) is 9.97. The molecule has 0 fully saturated rings. The van der Waals surface area contributed by atoms with E-state index in [1.54, 1.807) is 6.20 Å². The number of rotatable bonds is 3. The molecule has 1 aliphatic carbocycles. The molecule has 1 N–H and O–H groups in total. The van der Waals surface area contributed by atoms with E-state index in [0.717, 1.165) is 23.3 Å². The molecule has 3 heteroatoms. The van der Waals surface area contributed by atoms with Crippen LogP contribution in [0.3, 0.4) is 0 Å². The summed E-state index contributed by atoms with van der Waals surface area (Å²) in [7, 11) is 0. The van der Waals surface area contributed by atoms with Gasteiger partial charge in [-0.15, -0.1) is 0 Å². The third kappa shape index (κ3) is 1.66. The highest BCUT2D eigenvalue weighted by Crippen LogP contribution is 2.26. The molecule has 2 rings (SSSR count). The molecule has 1 aliphatic heterocycles. The van der Waals surface area contributed by atoms with Crippen molar-refractivity contribution >= 4 is 11.7 Å². The molecular formula is C11H11NO2. The number of nitrogens with zero attached hydrogens (tertiary/aromatic N) is 1. The van der Waals surface area contributed by atoms with E-state index in [1.807, 2.05) is 6.08 Å². The van der Waals surface area contributed by atoms with Crippen molar-refractivity contribution in [1.29, 1.82) is 0 Å². The Morgan fingerprint density at radius 2 is 2.43 bits per heavy atom. The quantitative estimate of drug-likeness (QED) is 0.738. The molecule has 3 nitrogen and oxygen atoms in total. The van der Waals surface area contributed by atoms with E-state index in [-0.39, 0.29) is 6.42 Å². The van der Waals surface area contributed by atoms with E-state index < -0.39 is 5.97 Å². The largest absolute Gasteiger partial charge is 0.481 e. The lowest BCUT2D eigenvalue weighted by Gasteiger charge is -2.07. The van der Waals surface area contributed by atoms with Gasteiger partial charge in [-0.3, -0.25) is 9.79 Å². The lowest BCUT2D eigenvalue weighted by atomic mass is 9.96. The predicted molar refractivity (Wildman–Crippen MR) is 54.2 cm³/mol. The third-order valence-corrected chi connectivity index (χ3v) is 2.32. The Hall–Kier alpha value is -1.64. The Kier molecular flexibility index (Phi) is 2.31. The van der Waals surface area contributed by atoms with E-state index in [2.05, 4.69) is 17.1 Å². The summed E-state index contributed by atoms with van der Waals surface area (Å²) < 4.78 is 0. The summed E-state index contributed by atoms with van der Waals surface area (Å²) in [5, 5.41) is 8.57. The van der Waals surface area contributed by atoms with Crippen LogP contribution in [0.15, 0.2) is 40.6 Å². The average molecular weight is 189 g/mol. The first-order valence-corrected chi connectivity index (χ1v) is 4.63. The summed E-state index contributed by atoms with van der Waals surface area (Å²) >= 11 is 0. The summed E-state index contributed by atoms with van der Waals surface area (Å²) in [6, 6.07) is 0. The van der Waals surface area contributed by atoms with Gasteiger partial charge in [0.15, 0.2) is 0 Å². The zero-order valence-corrected chi connectivity index (χ0v) is 7.73. The van der Waals surface area contributed by atoms with Gasteiger partial charge in [-0.2, -0.15) is 0 Å². The molecule has 0 unspecified atom stereocenters. The summed E-state index contributed by atoms with van der Waals surface area (Å²) in [4.78, 5) is 14.6. The molecule has 0 spiro atoms. The molecule has 14 heavy (non-hydrogen) atoms. The van der Waals surface area contributed by atoms with Crippen molar-refractivity contribution in [3.8, 4) is 0 Å². The van der Waals surface area contributed by atoms with Gasteiger partial charge >= 0.3 is 5.97 Å². The molecule has 0 aromatic carbocycles. The third-order valence-electron chi connectivity index (χ3n) is 2.32. The number of hydrogen-bond acceptors (Lipinski definition) is 2. The van der Waals surface area contributed by atoms with Gasteiger partial charge in [0.1, 0.15) is 0 Å². The summed E-state index contributed by atoms with van der Waals surface area (Å²) in [6.07, 6.45) is 9.58. The average Bonchev–Trinajstić information content (AvgIpc) is 2.58. The van der Waals surface area contributed by atoms with Crippen molar-refractivity contribution in [2.24, 2.45) is 4.99 Å². The number of carboxylic acid groups (broad SMARTS) is 1. The van der Waals surface area contributed by atoms with Crippen LogP contribution >= 0.6 is 0 Å². The molecule has 0 aromatic heterocycles. The molecule has 0 saturated heterocycles. The second kappa shape index (κ2) is 3.62. The first kappa shape index (κ1) is 8.94. The highest BCUT2D eigenvalue weighted by atomic mass is 16.4. The number of aliphatic carboxylic acids is 1. The van der Waals surface area contributed by atoms with Crippen LogP contribution in [-0.2, 0) is 4.79 Å². The number of carboxylic acids is 1. The number of hydrogen-bond donors (Lipinski definition) is 1. The smallest absolute Gasteiger partial charge is 0.303 e. The van der Waals surface area contributed by atoms with Gasteiger partial charge in [-0.1, -0.05) is 12.2 Å². The van der Waals surface area contributed by atoms with E-state index in [0.29, 0.717) is 6.42 Å². The maximum atomic E-state index is 10.4. The van der Waals surface area contributed by atoms with Crippen LogP contribution in [0.5, 0.6) is 0 Å². The van der Waals surface area contributed by atoms with Gasteiger partial charge in [-0.25, -0.2) is 0 Å². The monoisotopic (exact) mass is 189 g/mol. The van der Waals surface area contributed by atoms with Crippen LogP contribution in [0.4, 0.5) is 0 Å². The molecule has 0 amide bonds. The van der Waals surface area contributed by atoms with Crippen LogP contribution in [0, 0.1) is 0 Å². The van der Waals surface area contributed by atoms with Crippen LogP contribution in [0.2, 0.25) is 0 Å². The molecule has 1 heterocycles. The van der Waals surface area contributed by atoms with E-state index in [4.69, 9.17) is 5.11 Å². The van der Waals surface area contributed by atoms with Crippen molar-refractivity contribution in [3.63, 3.8) is 0 Å². The molecule has 0 bridgehead atoms. The molecule has 72 valence electrons. The summed E-state index contributed by atoms with van der Waals surface area (Å²) in [5.74, 6) is -0.758. The van der Waals surface area contributed by atoms with Gasteiger partial charge < -0.3 is 5.11 Å². The minimum atomic E-state index is -0.758. The van der Waals surface area contributed by atoms with Crippen molar-refractivity contribution in [2.75, 3.05) is 0 Å². The van der Waals surface area contributed by atoms with Crippen molar-refractivity contribution in [3.05, 3.63) is 35.6 Å². The van der Waals surface area contributed by atoms with Gasteiger partial charge in [0.05, 0.1) is 5.71 Å². The maximum Gasteiger partial charge on any atom is 0.303 e. The van der Waals surface area contributed by atoms with Gasteiger partial charge in [0.25, 0.3) is 0 Å². The summed E-state index contributed by atoms with van der Waals surface area (Å²) in [5.41, 5.74) is 3.14. The number of allylic oxidation sites excluding steroid dienone is 5. The number of aliphatic imine (C=N–C) groups is 1. The number of fused-ring (bicyclic) bond motifs is 1. The lowest BCUT2D eigenvalue weighted by molar-refractivity contribution is -0.136. The predicted octanol–water partition coefficient (Wildman–Crippen LogP) is 2.08. The van der Waals surface area contributed by atoms with Gasteiger partial charge in [0.2, 0.25) is 0 Å².